The number of nitrogens with one attached hydrogen (secondary N) is 1. The molecule has 0 atom stereocenters. The third-order valence-electron chi connectivity index (χ3n) is 4.21. The third-order valence-corrected chi connectivity index (χ3v) is 4.96. The Morgan fingerprint density at radius 3 is 2.21 bits per heavy atom. The van der Waals surface area contributed by atoms with Gasteiger partial charge < -0.3 is 9.47 Å². The summed E-state index contributed by atoms with van der Waals surface area (Å²) in [4.78, 5) is 17.0. The van der Waals surface area contributed by atoms with Gasteiger partial charge in [0.2, 0.25) is 0 Å². The van der Waals surface area contributed by atoms with Crippen molar-refractivity contribution in [1.29, 1.82) is 0 Å². The standard InChI is InChI=1S/C23H18N2O3S/c1-27-18-11-7-16(8-12-18)21-15-29-23(24-21)25-22(26)17-9-13-20(14-10-17)28-19-5-3-2-4-6-19/h2-15H,1H3,(H,24,25,26). The van der Waals surface area contributed by atoms with Crippen LogP contribution in [0.4, 0.5) is 5.13 Å². The van der Waals surface area contributed by atoms with Crippen molar-refractivity contribution >= 4 is 22.4 Å². The van der Waals surface area contributed by atoms with Crippen LogP contribution in [0.15, 0.2) is 84.2 Å². The normalized spacial score (nSPS) is 10.4. The number of nitrogens with zero attached hydrogens (tertiary/aromatic N) is 1. The lowest BCUT2D eigenvalue weighted by Gasteiger charge is -2.06. The Hall–Kier alpha value is -3.64. The molecule has 0 radical (unpaired) electrons. The van der Waals surface area contributed by atoms with Crippen molar-refractivity contribution in [3.63, 3.8) is 0 Å². The van der Waals surface area contributed by atoms with Crippen LogP contribution in [0.3, 0.4) is 0 Å². The predicted molar refractivity (Wildman–Crippen MR) is 115 cm³/mol. The molecule has 4 rings (SSSR count). The van der Waals surface area contributed by atoms with Crippen molar-refractivity contribution in [2.75, 3.05) is 12.4 Å². The van der Waals surface area contributed by atoms with E-state index < -0.39 is 0 Å². The second kappa shape index (κ2) is 8.58. The van der Waals surface area contributed by atoms with E-state index in [2.05, 4.69) is 10.3 Å². The molecule has 0 aliphatic carbocycles. The minimum Gasteiger partial charge on any atom is -0.497 e. The van der Waals surface area contributed by atoms with Gasteiger partial charge in [-0.25, -0.2) is 4.98 Å². The van der Waals surface area contributed by atoms with Crippen molar-refractivity contribution in [3.8, 4) is 28.5 Å². The van der Waals surface area contributed by atoms with Gasteiger partial charge in [0, 0.05) is 16.5 Å². The lowest BCUT2D eigenvalue weighted by molar-refractivity contribution is 0.102. The minimum absolute atomic E-state index is 0.216. The lowest BCUT2D eigenvalue weighted by atomic mass is 10.2. The van der Waals surface area contributed by atoms with Gasteiger partial charge in [0.05, 0.1) is 12.8 Å². The first kappa shape index (κ1) is 18.7. The summed E-state index contributed by atoms with van der Waals surface area (Å²) in [6, 6.07) is 24.1. The van der Waals surface area contributed by atoms with Crippen molar-refractivity contribution in [2.24, 2.45) is 0 Å². The van der Waals surface area contributed by atoms with Gasteiger partial charge in [-0.15, -0.1) is 11.3 Å². The van der Waals surface area contributed by atoms with Crippen LogP contribution in [0.5, 0.6) is 17.2 Å². The molecule has 1 heterocycles. The first-order valence-corrected chi connectivity index (χ1v) is 9.83. The first-order valence-electron chi connectivity index (χ1n) is 8.95. The van der Waals surface area contributed by atoms with E-state index in [0.717, 1.165) is 22.8 Å². The van der Waals surface area contributed by atoms with Crippen LogP contribution in [-0.4, -0.2) is 18.0 Å². The summed E-state index contributed by atoms with van der Waals surface area (Å²) in [6.45, 7) is 0. The minimum atomic E-state index is -0.216. The van der Waals surface area contributed by atoms with E-state index >= 15 is 0 Å². The Kier molecular flexibility index (Phi) is 5.54. The summed E-state index contributed by atoms with van der Waals surface area (Å²) in [7, 11) is 1.63. The van der Waals surface area contributed by atoms with Gasteiger partial charge in [0.15, 0.2) is 5.13 Å². The smallest absolute Gasteiger partial charge is 0.257 e. The number of ether oxygens (including phenoxy) is 2. The van der Waals surface area contributed by atoms with Gasteiger partial charge in [0.25, 0.3) is 5.91 Å². The number of thiazole rings is 1. The number of methoxy groups -OCH3 is 1. The summed E-state index contributed by atoms with van der Waals surface area (Å²) in [5, 5.41) is 5.30. The van der Waals surface area contributed by atoms with Gasteiger partial charge >= 0.3 is 0 Å². The maximum absolute atomic E-state index is 12.5. The molecule has 6 heteroatoms. The van der Waals surface area contributed by atoms with Crippen LogP contribution in [-0.2, 0) is 0 Å². The Labute approximate surface area is 172 Å². The second-order valence-corrected chi connectivity index (χ2v) is 7.02. The predicted octanol–water partition coefficient (Wildman–Crippen LogP) is 5.86. The number of hydrogen-bond donors (Lipinski definition) is 1. The molecule has 0 saturated heterocycles. The molecule has 0 aliphatic rings. The number of aromatic nitrogens is 1. The van der Waals surface area contributed by atoms with E-state index in [9.17, 15) is 4.79 Å². The Morgan fingerprint density at radius 2 is 1.52 bits per heavy atom. The van der Waals surface area contributed by atoms with E-state index in [1.807, 2.05) is 60.0 Å². The van der Waals surface area contributed by atoms with Gasteiger partial charge in [0.1, 0.15) is 17.2 Å². The van der Waals surface area contributed by atoms with Crippen molar-refractivity contribution < 1.29 is 14.3 Å². The highest BCUT2D eigenvalue weighted by molar-refractivity contribution is 7.14. The average Bonchev–Trinajstić information content (AvgIpc) is 3.23. The summed E-state index contributed by atoms with van der Waals surface area (Å²) >= 11 is 1.38. The number of hydrogen-bond acceptors (Lipinski definition) is 5. The quantitative estimate of drug-likeness (QED) is 0.439. The van der Waals surface area contributed by atoms with Crippen LogP contribution in [0, 0.1) is 0 Å². The van der Waals surface area contributed by atoms with Gasteiger partial charge in [-0.2, -0.15) is 0 Å². The molecule has 0 unspecified atom stereocenters. The zero-order valence-electron chi connectivity index (χ0n) is 15.7. The van der Waals surface area contributed by atoms with Crippen molar-refractivity contribution in [2.45, 2.75) is 0 Å². The SMILES string of the molecule is COc1ccc(-c2csc(NC(=O)c3ccc(Oc4ccccc4)cc3)n2)cc1. The summed E-state index contributed by atoms with van der Waals surface area (Å²) in [5.74, 6) is 1.99. The van der Waals surface area contributed by atoms with Crippen LogP contribution >= 0.6 is 11.3 Å². The summed E-state index contributed by atoms with van der Waals surface area (Å²) in [6.07, 6.45) is 0. The molecule has 1 N–H and O–H groups in total. The zero-order valence-corrected chi connectivity index (χ0v) is 16.5. The number of rotatable bonds is 6. The monoisotopic (exact) mass is 402 g/mol. The van der Waals surface area contributed by atoms with Crippen LogP contribution in [0.2, 0.25) is 0 Å². The van der Waals surface area contributed by atoms with Crippen molar-refractivity contribution in [1.82, 2.24) is 4.98 Å². The molecule has 0 bridgehead atoms. The Balaban J connectivity index is 1.41. The molecule has 0 spiro atoms. The number of para-hydroxylation sites is 1. The van der Waals surface area contributed by atoms with Crippen LogP contribution in [0.1, 0.15) is 10.4 Å². The lowest BCUT2D eigenvalue weighted by Crippen LogP contribution is -2.11. The molecule has 0 saturated carbocycles. The van der Waals surface area contributed by atoms with Gasteiger partial charge in [-0.3, -0.25) is 10.1 Å². The average molecular weight is 402 g/mol. The maximum Gasteiger partial charge on any atom is 0.257 e. The molecule has 3 aromatic carbocycles. The highest BCUT2D eigenvalue weighted by Crippen LogP contribution is 2.27. The largest absolute Gasteiger partial charge is 0.497 e. The molecular weight excluding hydrogens is 384 g/mol. The van der Waals surface area contributed by atoms with E-state index in [-0.39, 0.29) is 5.91 Å². The molecule has 0 aliphatic heterocycles. The fourth-order valence-electron chi connectivity index (χ4n) is 2.69. The fraction of sp³-hybridized carbons (Fsp3) is 0.0435. The Bertz CT molecular complexity index is 1090. The molecule has 1 aromatic heterocycles. The molecule has 1 amide bonds. The van der Waals surface area contributed by atoms with Gasteiger partial charge in [-0.1, -0.05) is 18.2 Å². The third kappa shape index (κ3) is 4.62. The summed E-state index contributed by atoms with van der Waals surface area (Å²) in [5.41, 5.74) is 2.30. The number of benzene rings is 3. The molecule has 5 nitrogen and oxygen atoms in total. The molecule has 4 aromatic rings. The maximum atomic E-state index is 12.5. The molecule has 29 heavy (non-hydrogen) atoms. The van der Waals surface area contributed by atoms with E-state index in [4.69, 9.17) is 9.47 Å². The number of carbonyl (C=O) groups excluding carboxylic acids is 1. The summed E-state index contributed by atoms with van der Waals surface area (Å²) < 4.78 is 10.9. The number of amides is 1. The zero-order chi connectivity index (χ0) is 20.1. The van der Waals surface area contributed by atoms with E-state index in [1.165, 1.54) is 11.3 Å². The van der Waals surface area contributed by atoms with Crippen molar-refractivity contribution in [3.05, 3.63) is 89.8 Å². The highest BCUT2D eigenvalue weighted by Gasteiger charge is 2.10. The number of anilines is 1. The van der Waals surface area contributed by atoms with Crippen LogP contribution < -0.4 is 14.8 Å². The fourth-order valence-corrected chi connectivity index (χ4v) is 3.41. The van der Waals surface area contributed by atoms with E-state index in [0.29, 0.717) is 16.4 Å². The highest BCUT2D eigenvalue weighted by atomic mass is 32.1. The molecule has 0 fully saturated rings. The Morgan fingerprint density at radius 1 is 0.862 bits per heavy atom. The molecular formula is C23H18N2O3S. The first-order chi connectivity index (χ1) is 14.2. The second-order valence-electron chi connectivity index (χ2n) is 6.16. The van der Waals surface area contributed by atoms with Gasteiger partial charge in [-0.05, 0) is 60.7 Å². The van der Waals surface area contributed by atoms with E-state index in [1.54, 1.807) is 31.4 Å². The molecule has 144 valence electrons. The topological polar surface area (TPSA) is 60.5 Å². The van der Waals surface area contributed by atoms with Crippen LogP contribution in [0.25, 0.3) is 11.3 Å². The number of carbonyl (C=O) groups is 1.